The second-order valence-corrected chi connectivity index (χ2v) is 7.29. The summed E-state index contributed by atoms with van der Waals surface area (Å²) in [5.41, 5.74) is 4.06. The third-order valence-electron chi connectivity index (χ3n) is 4.81. The Bertz CT molecular complexity index is 522. The zero-order valence-electron chi connectivity index (χ0n) is 16.0. The average molecular weight is 331 g/mol. The lowest BCUT2D eigenvalue weighted by molar-refractivity contribution is 0.167. The molecule has 1 saturated heterocycles. The molecule has 24 heavy (non-hydrogen) atoms. The van der Waals surface area contributed by atoms with Crippen LogP contribution < -0.4 is 10.6 Å². The Kier molecular flexibility index (Phi) is 7.10. The van der Waals surface area contributed by atoms with Crippen molar-refractivity contribution in [3.63, 3.8) is 0 Å². The van der Waals surface area contributed by atoms with Crippen LogP contribution in [0.25, 0.3) is 0 Å². The number of hydrogen-bond donors (Lipinski definition) is 2. The second-order valence-electron chi connectivity index (χ2n) is 7.29. The number of hydrogen-bond acceptors (Lipinski definition) is 2. The Morgan fingerprint density at radius 1 is 1.17 bits per heavy atom. The zero-order valence-corrected chi connectivity index (χ0v) is 16.0. The summed E-state index contributed by atoms with van der Waals surface area (Å²) in [6.45, 7) is 12.1. The van der Waals surface area contributed by atoms with E-state index in [1.165, 1.54) is 42.6 Å². The molecule has 1 fully saturated rings. The standard InChI is InChI=1S/C20H34N4/c1-15(2)24-10-7-19(8-11-24)23-20(21-5)22-9-6-18-13-16(3)12-17(4)14-18/h12-15,19H,6-11H2,1-5H3,(H2,21,22,23). The van der Waals surface area contributed by atoms with Gasteiger partial charge in [-0.15, -0.1) is 0 Å². The summed E-state index contributed by atoms with van der Waals surface area (Å²) in [6, 6.07) is 7.95. The molecule has 134 valence electrons. The van der Waals surface area contributed by atoms with E-state index in [0.717, 1.165) is 18.9 Å². The van der Waals surface area contributed by atoms with Crippen molar-refractivity contribution in [2.75, 3.05) is 26.7 Å². The summed E-state index contributed by atoms with van der Waals surface area (Å²) in [7, 11) is 1.86. The fourth-order valence-corrected chi connectivity index (χ4v) is 3.49. The van der Waals surface area contributed by atoms with Gasteiger partial charge in [0.1, 0.15) is 0 Å². The van der Waals surface area contributed by atoms with Gasteiger partial charge in [0.2, 0.25) is 0 Å². The average Bonchev–Trinajstić information content (AvgIpc) is 2.53. The maximum atomic E-state index is 4.38. The van der Waals surface area contributed by atoms with Gasteiger partial charge in [-0.25, -0.2) is 0 Å². The van der Waals surface area contributed by atoms with E-state index < -0.39 is 0 Å². The first-order chi connectivity index (χ1) is 11.5. The lowest BCUT2D eigenvalue weighted by Crippen LogP contribution is -2.50. The Morgan fingerprint density at radius 3 is 2.33 bits per heavy atom. The van der Waals surface area contributed by atoms with E-state index in [4.69, 9.17) is 0 Å². The number of piperidine rings is 1. The highest BCUT2D eigenvalue weighted by atomic mass is 15.2. The maximum Gasteiger partial charge on any atom is 0.191 e. The minimum atomic E-state index is 0.535. The lowest BCUT2D eigenvalue weighted by Gasteiger charge is -2.35. The Labute approximate surface area is 147 Å². The molecule has 4 nitrogen and oxygen atoms in total. The molecule has 1 aromatic rings. The largest absolute Gasteiger partial charge is 0.356 e. The molecule has 1 aliphatic rings. The monoisotopic (exact) mass is 330 g/mol. The molecule has 0 unspecified atom stereocenters. The molecule has 0 aliphatic carbocycles. The Balaban J connectivity index is 1.75. The van der Waals surface area contributed by atoms with E-state index in [-0.39, 0.29) is 0 Å². The topological polar surface area (TPSA) is 39.7 Å². The van der Waals surface area contributed by atoms with E-state index in [0.29, 0.717) is 12.1 Å². The van der Waals surface area contributed by atoms with Gasteiger partial charge >= 0.3 is 0 Å². The smallest absolute Gasteiger partial charge is 0.191 e. The van der Waals surface area contributed by atoms with Crippen molar-refractivity contribution in [2.24, 2.45) is 4.99 Å². The van der Waals surface area contributed by atoms with Crippen LogP contribution in [0.15, 0.2) is 23.2 Å². The first-order valence-electron chi connectivity index (χ1n) is 9.26. The molecule has 0 aromatic heterocycles. The number of aryl methyl sites for hydroxylation is 2. The fourth-order valence-electron chi connectivity index (χ4n) is 3.49. The predicted octanol–water partition coefficient (Wildman–Crippen LogP) is 2.88. The summed E-state index contributed by atoms with van der Waals surface area (Å²) in [5.74, 6) is 0.933. The number of guanidine groups is 1. The molecule has 4 heteroatoms. The van der Waals surface area contributed by atoms with Crippen LogP contribution >= 0.6 is 0 Å². The molecule has 0 atom stereocenters. The molecule has 0 amide bonds. The molecule has 0 radical (unpaired) electrons. The highest BCUT2D eigenvalue weighted by Gasteiger charge is 2.21. The summed E-state index contributed by atoms with van der Waals surface area (Å²) in [4.78, 5) is 6.93. The van der Waals surface area contributed by atoms with Crippen LogP contribution in [0.5, 0.6) is 0 Å². The minimum Gasteiger partial charge on any atom is -0.356 e. The van der Waals surface area contributed by atoms with Crippen molar-refractivity contribution in [1.82, 2.24) is 15.5 Å². The van der Waals surface area contributed by atoms with Crippen molar-refractivity contribution >= 4 is 5.96 Å². The molecule has 0 spiro atoms. The predicted molar refractivity (Wildman–Crippen MR) is 104 cm³/mol. The van der Waals surface area contributed by atoms with Crippen molar-refractivity contribution in [3.8, 4) is 0 Å². The van der Waals surface area contributed by atoms with Gasteiger partial charge in [-0.1, -0.05) is 29.3 Å². The minimum absolute atomic E-state index is 0.535. The summed E-state index contributed by atoms with van der Waals surface area (Å²) >= 11 is 0. The lowest BCUT2D eigenvalue weighted by atomic mass is 10.0. The van der Waals surface area contributed by atoms with Gasteiger partial charge in [-0.2, -0.15) is 0 Å². The second kappa shape index (κ2) is 9.07. The van der Waals surface area contributed by atoms with E-state index in [9.17, 15) is 0 Å². The van der Waals surface area contributed by atoms with Crippen LogP contribution in [0.4, 0.5) is 0 Å². The van der Waals surface area contributed by atoms with Gasteiger partial charge in [0.25, 0.3) is 0 Å². The van der Waals surface area contributed by atoms with Gasteiger partial charge in [0.15, 0.2) is 5.96 Å². The summed E-state index contributed by atoms with van der Waals surface area (Å²) in [6.07, 6.45) is 3.40. The van der Waals surface area contributed by atoms with Gasteiger partial charge in [-0.05, 0) is 52.5 Å². The van der Waals surface area contributed by atoms with Gasteiger partial charge < -0.3 is 15.5 Å². The molecular weight excluding hydrogens is 296 g/mol. The normalized spacial score (nSPS) is 17.3. The first kappa shape index (κ1) is 18.8. The summed E-state index contributed by atoms with van der Waals surface area (Å²) in [5, 5.41) is 7.05. The Morgan fingerprint density at radius 2 is 1.79 bits per heavy atom. The number of aliphatic imine (C=N–C) groups is 1. The highest BCUT2D eigenvalue weighted by Crippen LogP contribution is 2.13. The van der Waals surface area contributed by atoms with E-state index in [1.54, 1.807) is 0 Å². The number of nitrogens with one attached hydrogen (secondary N) is 2. The maximum absolute atomic E-state index is 4.38. The molecule has 0 saturated carbocycles. The summed E-state index contributed by atoms with van der Waals surface area (Å²) < 4.78 is 0. The Hall–Kier alpha value is -1.55. The SMILES string of the molecule is CN=C(NCCc1cc(C)cc(C)c1)NC1CCN(C(C)C)CC1. The third-order valence-corrected chi connectivity index (χ3v) is 4.81. The van der Waals surface area contributed by atoms with Crippen molar-refractivity contribution < 1.29 is 0 Å². The van der Waals surface area contributed by atoms with Crippen molar-refractivity contribution in [2.45, 2.75) is 59.0 Å². The fraction of sp³-hybridized carbons (Fsp3) is 0.650. The van der Waals surface area contributed by atoms with Gasteiger partial charge in [-0.3, -0.25) is 4.99 Å². The van der Waals surface area contributed by atoms with E-state index in [2.05, 4.69) is 66.4 Å². The van der Waals surface area contributed by atoms with Crippen LogP contribution in [0.1, 0.15) is 43.4 Å². The van der Waals surface area contributed by atoms with Gasteiger partial charge in [0, 0.05) is 38.8 Å². The van der Waals surface area contributed by atoms with Crippen molar-refractivity contribution in [3.05, 3.63) is 34.9 Å². The number of benzene rings is 1. The number of likely N-dealkylation sites (tertiary alicyclic amines) is 1. The zero-order chi connectivity index (χ0) is 17.5. The van der Waals surface area contributed by atoms with Crippen LogP contribution in [0.2, 0.25) is 0 Å². The molecule has 2 rings (SSSR count). The van der Waals surface area contributed by atoms with Crippen molar-refractivity contribution in [1.29, 1.82) is 0 Å². The molecule has 2 N–H and O–H groups in total. The van der Waals surface area contributed by atoms with E-state index in [1.807, 2.05) is 7.05 Å². The van der Waals surface area contributed by atoms with Crippen LogP contribution in [0.3, 0.4) is 0 Å². The third kappa shape index (κ3) is 5.82. The number of rotatable bonds is 5. The first-order valence-corrected chi connectivity index (χ1v) is 9.26. The molecular formula is C20H34N4. The molecule has 1 heterocycles. The molecule has 0 bridgehead atoms. The van der Waals surface area contributed by atoms with Crippen LogP contribution in [-0.2, 0) is 6.42 Å². The van der Waals surface area contributed by atoms with Crippen LogP contribution in [-0.4, -0.2) is 49.6 Å². The van der Waals surface area contributed by atoms with Crippen LogP contribution in [0, 0.1) is 13.8 Å². The quantitative estimate of drug-likeness (QED) is 0.644. The molecule has 1 aliphatic heterocycles. The highest BCUT2D eigenvalue weighted by molar-refractivity contribution is 5.79. The molecule has 1 aromatic carbocycles. The van der Waals surface area contributed by atoms with E-state index >= 15 is 0 Å². The number of nitrogens with zero attached hydrogens (tertiary/aromatic N) is 2. The van der Waals surface area contributed by atoms with Gasteiger partial charge in [0.05, 0.1) is 0 Å².